The fraction of sp³-hybridized carbons (Fsp3) is 0.625. The Morgan fingerprint density at radius 2 is 1.86 bits per heavy atom. The second-order valence-corrected chi connectivity index (χ2v) is 6.01. The number of aromatic nitrogens is 1. The summed E-state index contributed by atoms with van der Waals surface area (Å²) in [5.74, 6) is -0.892. The smallest absolute Gasteiger partial charge is 0.339 e. The molecular formula is C16H23N3O2. The highest BCUT2D eigenvalue weighted by Crippen LogP contribution is 2.26. The Hall–Kier alpha value is -1.62. The van der Waals surface area contributed by atoms with Crippen molar-refractivity contribution in [2.24, 2.45) is 0 Å². The van der Waals surface area contributed by atoms with Gasteiger partial charge in [-0.15, -0.1) is 0 Å². The summed E-state index contributed by atoms with van der Waals surface area (Å²) in [5.41, 5.74) is 1.13. The number of piperidine rings is 2. The third-order valence-corrected chi connectivity index (χ3v) is 4.74. The van der Waals surface area contributed by atoms with Crippen LogP contribution in [-0.2, 0) is 0 Å². The SMILES string of the molecule is O=C(O)c1cnccc1N1CCC(N2CCCCC2)CC1. The topological polar surface area (TPSA) is 56.7 Å². The molecule has 1 aromatic heterocycles. The molecule has 1 aromatic rings. The van der Waals surface area contributed by atoms with Crippen molar-refractivity contribution in [3.05, 3.63) is 24.0 Å². The molecule has 2 aliphatic heterocycles. The number of carboxylic acid groups (broad SMARTS) is 1. The summed E-state index contributed by atoms with van der Waals surface area (Å²) in [7, 11) is 0. The standard InChI is InChI=1S/C16H23N3O2/c20-16(21)14-12-17-7-4-15(14)19-10-5-13(6-11-19)18-8-2-1-3-9-18/h4,7,12-13H,1-3,5-6,8-11H2,(H,20,21). The molecule has 114 valence electrons. The van der Waals surface area contributed by atoms with Crippen LogP contribution in [0.5, 0.6) is 0 Å². The minimum Gasteiger partial charge on any atom is -0.478 e. The first-order chi connectivity index (χ1) is 10.3. The Kier molecular flexibility index (Phi) is 4.39. The molecule has 3 heterocycles. The van der Waals surface area contributed by atoms with Crippen molar-refractivity contribution in [3.8, 4) is 0 Å². The van der Waals surface area contributed by atoms with Crippen LogP contribution in [0.3, 0.4) is 0 Å². The summed E-state index contributed by atoms with van der Waals surface area (Å²) >= 11 is 0. The van der Waals surface area contributed by atoms with Gasteiger partial charge in [-0.3, -0.25) is 4.98 Å². The zero-order chi connectivity index (χ0) is 14.7. The molecule has 3 rings (SSSR count). The summed E-state index contributed by atoms with van der Waals surface area (Å²) in [6, 6.07) is 2.50. The van der Waals surface area contributed by atoms with Gasteiger partial charge >= 0.3 is 5.97 Å². The largest absolute Gasteiger partial charge is 0.478 e. The maximum Gasteiger partial charge on any atom is 0.339 e. The Bertz CT molecular complexity index is 492. The predicted molar refractivity (Wildman–Crippen MR) is 81.9 cm³/mol. The molecule has 1 N–H and O–H groups in total. The lowest BCUT2D eigenvalue weighted by atomic mass is 9.99. The minimum absolute atomic E-state index is 0.314. The first-order valence-corrected chi connectivity index (χ1v) is 7.92. The number of rotatable bonds is 3. The summed E-state index contributed by atoms with van der Waals surface area (Å²) in [6.07, 6.45) is 9.41. The predicted octanol–water partition coefficient (Wildman–Crippen LogP) is 2.23. The van der Waals surface area contributed by atoms with Crippen molar-refractivity contribution in [3.63, 3.8) is 0 Å². The Balaban J connectivity index is 1.64. The monoisotopic (exact) mass is 289 g/mol. The fourth-order valence-corrected chi connectivity index (χ4v) is 3.58. The second-order valence-electron chi connectivity index (χ2n) is 6.01. The normalized spacial score (nSPS) is 21.4. The maximum atomic E-state index is 11.3. The number of hydrogen-bond donors (Lipinski definition) is 1. The summed E-state index contributed by atoms with van der Waals surface area (Å²) in [5, 5.41) is 9.28. The van der Waals surface area contributed by atoms with E-state index in [9.17, 15) is 9.90 Å². The Morgan fingerprint density at radius 1 is 1.14 bits per heavy atom. The molecule has 0 amide bonds. The molecule has 0 atom stereocenters. The lowest BCUT2D eigenvalue weighted by molar-refractivity contribution is 0.0697. The molecule has 2 aliphatic rings. The van der Waals surface area contributed by atoms with E-state index in [-0.39, 0.29) is 0 Å². The number of carboxylic acids is 1. The second kappa shape index (κ2) is 6.43. The van der Waals surface area contributed by atoms with E-state index < -0.39 is 5.97 Å². The molecule has 0 spiro atoms. The van der Waals surface area contributed by atoms with E-state index in [0.717, 1.165) is 31.6 Å². The van der Waals surface area contributed by atoms with Crippen LogP contribution in [-0.4, -0.2) is 53.2 Å². The average Bonchev–Trinajstić information content (AvgIpc) is 2.56. The Morgan fingerprint density at radius 3 is 2.52 bits per heavy atom. The number of aromatic carboxylic acids is 1. The average molecular weight is 289 g/mol. The first kappa shape index (κ1) is 14.3. The van der Waals surface area contributed by atoms with Crippen LogP contribution >= 0.6 is 0 Å². The van der Waals surface area contributed by atoms with Gasteiger partial charge in [0.05, 0.1) is 5.69 Å². The van der Waals surface area contributed by atoms with Crippen LogP contribution < -0.4 is 4.90 Å². The Labute approximate surface area is 125 Å². The number of likely N-dealkylation sites (tertiary alicyclic amines) is 1. The third-order valence-electron chi connectivity index (χ3n) is 4.74. The van der Waals surface area contributed by atoms with Crippen molar-refractivity contribution in [2.75, 3.05) is 31.1 Å². The quantitative estimate of drug-likeness (QED) is 0.925. The van der Waals surface area contributed by atoms with E-state index >= 15 is 0 Å². The van der Waals surface area contributed by atoms with E-state index in [1.54, 1.807) is 6.20 Å². The van der Waals surface area contributed by atoms with Crippen LogP contribution in [0.15, 0.2) is 18.5 Å². The number of hydrogen-bond acceptors (Lipinski definition) is 4. The van der Waals surface area contributed by atoms with Crippen LogP contribution in [0.2, 0.25) is 0 Å². The van der Waals surface area contributed by atoms with Crippen LogP contribution in [0, 0.1) is 0 Å². The van der Waals surface area contributed by atoms with Crippen molar-refractivity contribution < 1.29 is 9.90 Å². The highest BCUT2D eigenvalue weighted by molar-refractivity contribution is 5.94. The van der Waals surface area contributed by atoms with Gasteiger partial charge in [0.25, 0.3) is 0 Å². The number of anilines is 1. The highest BCUT2D eigenvalue weighted by atomic mass is 16.4. The van der Waals surface area contributed by atoms with Gasteiger partial charge in [-0.05, 0) is 44.8 Å². The molecule has 5 heteroatoms. The number of pyridine rings is 1. The number of carbonyl (C=O) groups is 1. The molecule has 21 heavy (non-hydrogen) atoms. The molecule has 0 unspecified atom stereocenters. The first-order valence-electron chi connectivity index (χ1n) is 7.92. The van der Waals surface area contributed by atoms with E-state index in [1.807, 2.05) is 6.07 Å². The van der Waals surface area contributed by atoms with Gasteiger partial charge in [0.2, 0.25) is 0 Å². The van der Waals surface area contributed by atoms with Crippen molar-refractivity contribution in [1.82, 2.24) is 9.88 Å². The number of nitrogens with zero attached hydrogens (tertiary/aromatic N) is 3. The van der Waals surface area contributed by atoms with Crippen molar-refractivity contribution in [2.45, 2.75) is 38.1 Å². The third kappa shape index (κ3) is 3.18. The van der Waals surface area contributed by atoms with E-state index in [2.05, 4.69) is 14.8 Å². The van der Waals surface area contributed by atoms with Crippen LogP contribution in [0.4, 0.5) is 5.69 Å². The van der Waals surface area contributed by atoms with Crippen molar-refractivity contribution >= 4 is 11.7 Å². The highest BCUT2D eigenvalue weighted by Gasteiger charge is 2.27. The van der Waals surface area contributed by atoms with Gasteiger partial charge in [-0.2, -0.15) is 0 Å². The molecule has 0 aromatic carbocycles. The van der Waals surface area contributed by atoms with Gasteiger partial charge < -0.3 is 14.9 Å². The molecular weight excluding hydrogens is 266 g/mol. The zero-order valence-electron chi connectivity index (χ0n) is 12.4. The minimum atomic E-state index is -0.892. The van der Waals surface area contributed by atoms with Gasteiger partial charge in [0.15, 0.2) is 0 Å². The molecule has 0 aliphatic carbocycles. The van der Waals surface area contributed by atoms with E-state index in [1.165, 1.54) is 38.5 Å². The molecule has 0 radical (unpaired) electrons. The maximum absolute atomic E-state index is 11.3. The van der Waals surface area contributed by atoms with E-state index in [0.29, 0.717) is 11.6 Å². The fourth-order valence-electron chi connectivity index (χ4n) is 3.58. The zero-order valence-corrected chi connectivity index (χ0v) is 12.4. The van der Waals surface area contributed by atoms with Gasteiger partial charge in [0, 0.05) is 31.5 Å². The van der Waals surface area contributed by atoms with Crippen LogP contribution in [0.25, 0.3) is 0 Å². The molecule has 0 bridgehead atoms. The molecule has 2 fully saturated rings. The van der Waals surface area contributed by atoms with Gasteiger partial charge in [-0.25, -0.2) is 4.79 Å². The van der Waals surface area contributed by atoms with Gasteiger partial charge in [0.1, 0.15) is 5.56 Å². The van der Waals surface area contributed by atoms with Crippen LogP contribution in [0.1, 0.15) is 42.5 Å². The summed E-state index contributed by atoms with van der Waals surface area (Å²) in [6.45, 7) is 4.34. The van der Waals surface area contributed by atoms with E-state index in [4.69, 9.17) is 0 Å². The molecule has 5 nitrogen and oxygen atoms in total. The summed E-state index contributed by atoms with van der Waals surface area (Å²) < 4.78 is 0. The van der Waals surface area contributed by atoms with Gasteiger partial charge in [-0.1, -0.05) is 6.42 Å². The summed E-state index contributed by atoms with van der Waals surface area (Å²) in [4.78, 5) is 20.1. The lowest BCUT2D eigenvalue weighted by Crippen LogP contribution is -2.47. The lowest BCUT2D eigenvalue weighted by Gasteiger charge is -2.41. The van der Waals surface area contributed by atoms with Crippen molar-refractivity contribution in [1.29, 1.82) is 0 Å². The molecule has 2 saturated heterocycles. The molecule has 0 saturated carbocycles.